The van der Waals surface area contributed by atoms with E-state index in [9.17, 15) is 4.79 Å². The molecule has 1 aromatic heterocycles. The van der Waals surface area contributed by atoms with Gasteiger partial charge in [-0.05, 0) is 43.2 Å². The van der Waals surface area contributed by atoms with E-state index in [1.165, 1.54) is 0 Å². The molecule has 0 radical (unpaired) electrons. The van der Waals surface area contributed by atoms with Gasteiger partial charge < -0.3 is 10.1 Å². The molecule has 1 N–H and O–H groups in total. The Bertz CT molecular complexity index is 864. The van der Waals surface area contributed by atoms with Crippen molar-refractivity contribution >= 4 is 5.91 Å². The Balaban J connectivity index is 1.75. The molecule has 0 saturated heterocycles. The lowest BCUT2D eigenvalue weighted by Gasteiger charge is -2.12. The lowest BCUT2D eigenvalue weighted by molar-refractivity contribution is 0.0939. The second kappa shape index (κ2) is 8.25. The van der Waals surface area contributed by atoms with Crippen molar-refractivity contribution in [3.8, 4) is 22.9 Å². The highest BCUT2D eigenvalue weighted by Crippen LogP contribution is 2.22. The quantitative estimate of drug-likeness (QED) is 0.715. The maximum atomic E-state index is 12.3. The molecule has 2 aromatic carbocycles. The van der Waals surface area contributed by atoms with Gasteiger partial charge in [0.2, 0.25) is 0 Å². The molecule has 26 heavy (non-hydrogen) atoms. The number of carbonyl (C=O) groups is 1. The second-order valence-corrected chi connectivity index (χ2v) is 6.03. The van der Waals surface area contributed by atoms with E-state index in [4.69, 9.17) is 4.74 Å². The summed E-state index contributed by atoms with van der Waals surface area (Å²) in [5, 5.41) is 2.97. The molecule has 0 fully saturated rings. The van der Waals surface area contributed by atoms with Gasteiger partial charge in [0.1, 0.15) is 5.75 Å². The summed E-state index contributed by atoms with van der Waals surface area (Å²) >= 11 is 0. The maximum Gasteiger partial charge on any atom is 0.321 e. The largest absolute Gasteiger partial charge is 0.424 e. The van der Waals surface area contributed by atoms with Crippen LogP contribution in [-0.2, 0) is 0 Å². The van der Waals surface area contributed by atoms with E-state index in [-0.39, 0.29) is 18.0 Å². The first-order valence-electron chi connectivity index (χ1n) is 8.62. The number of para-hydroxylation sites is 1. The molecule has 1 unspecified atom stereocenters. The van der Waals surface area contributed by atoms with Crippen LogP contribution in [0.2, 0.25) is 0 Å². The molecule has 3 rings (SSSR count). The fraction of sp³-hybridized carbons (Fsp3) is 0.190. The SMILES string of the molecule is CCC(C)NC(=O)c1cccc(-c2cnc(Oc3ccccc3)nc2)c1. The van der Waals surface area contributed by atoms with Gasteiger partial charge in [-0.2, -0.15) is 0 Å². The minimum Gasteiger partial charge on any atom is -0.424 e. The van der Waals surface area contributed by atoms with Gasteiger partial charge in [0.25, 0.3) is 5.91 Å². The van der Waals surface area contributed by atoms with Crippen LogP contribution < -0.4 is 10.1 Å². The minimum atomic E-state index is -0.0776. The summed E-state index contributed by atoms with van der Waals surface area (Å²) in [6, 6.07) is 17.2. The van der Waals surface area contributed by atoms with Crippen LogP contribution in [0.4, 0.5) is 0 Å². The monoisotopic (exact) mass is 347 g/mol. The lowest BCUT2D eigenvalue weighted by atomic mass is 10.1. The van der Waals surface area contributed by atoms with E-state index in [1.807, 2.05) is 62.4 Å². The Morgan fingerprint density at radius 1 is 1.04 bits per heavy atom. The zero-order valence-corrected chi connectivity index (χ0v) is 14.8. The number of rotatable bonds is 6. The summed E-state index contributed by atoms with van der Waals surface area (Å²) in [6.07, 6.45) is 4.27. The van der Waals surface area contributed by atoms with E-state index in [2.05, 4.69) is 15.3 Å². The molecule has 132 valence electrons. The molecule has 5 heteroatoms. The summed E-state index contributed by atoms with van der Waals surface area (Å²) < 4.78 is 5.60. The average Bonchev–Trinajstić information content (AvgIpc) is 2.69. The van der Waals surface area contributed by atoms with Crippen molar-refractivity contribution in [1.29, 1.82) is 0 Å². The number of ether oxygens (including phenoxy) is 1. The van der Waals surface area contributed by atoms with Gasteiger partial charge >= 0.3 is 6.01 Å². The number of aromatic nitrogens is 2. The molecule has 3 aromatic rings. The van der Waals surface area contributed by atoms with E-state index < -0.39 is 0 Å². The van der Waals surface area contributed by atoms with Crippen molar-refractivity contribution in [1.82, 2.24) is 15.3 Å². The standard InChI is InChI=1S/C21H21N3O2/c1-3-15(2)24-20(25)17-9-7-8-16(12-17)18-13-22-21(23-14-18)26-19-10-5-4-6-11-19/h4-15H,3H2,1-2H3,(H,24,25). The summed E-state index contributed by atoms with van der Waals surface area (Å²) in [5.74, 6) is 0.607. The van der Waals surface area contributed by atoms with Crippen LogP contribution in [0.15, 0.2) is 67.0 Å². The molecular weight excluding hydrogens is 326 g/mol. The molecule has 0 aliphatic carbocycles. The third-order valence-electron chi connectivity index (χ3n) is 4.03. The van der Waals surface area contributed by atoms with Crippen LogP contribution in [0, 0.1) is 0 Å². The summed E-state index contributed by atoms with van der Waals surface area (Å²) in [5.41, 5.74) is 2.32. The molecule has 1 amide bonds. The van der Waals surface area contributed by atoms with Gasteiger partial charge in [0, 0.05) is 29.6 Å². The highest BCUT2D eigenvalue weighted by molar-refractivity contribution is 5.95. The van der Waals surface area contributed by atoms with Crippen molar-refractivity contribution in [3.63, 3.8) is 0 Å². The summed E-state index contributed by atoms with van der Waals surface area (Å²) in [7, 11) is 0. The predicted molar refractivity (Wildman–Crippen MR) is 101 cm³/mol. The van der Waals surface area contributed by atoms with Gasteiger partial charge in [0.05, 0.1) is 0 Å². The fourth-order valence-corrected chi connectivity index (χ4v) is 2.36. The maximum absolute atomic E-state index is 12.3. The van der Waals surface area contributed by atoms with Crippen LogP contribution in [0.25, 0.3) is 11.1 Å². The summed E-state index contributed by atoms with van der Waals surface area (Å²) in [6.45, 7) is 4.03. The zero-order chi connectivity index (χ0) is 18.4. The van der Waals surface area contributed by atoms with Crippen molar-refractivity contribution in [3.05, 3.63) is 72.6 Å². The Labute approximate surface area is 153 Å². The Morgan fingerprint density at radius 2 is 1.77 bits per heavy atom. The third kappa shape index (κ3) is 4.45. The molecule has 0 spiro atoms. The Hall–Kier alpha value is -3.21. The van der Waals surface area contributed by atoms with Crippen LogP contribution >= 0.6 is 0 Å². The predicted octanol–water partition coefficient (Wildman–Crippen LogP) is 4.46. The highest BCUT2D eigenvalue weighted by atomic mass is 16.5. The normalized spacial score (nSPS) is 11.6. The first kappa shape index (κ1) is 17.6. The van der Waals surface area contributed by atoms with Crippen molar-refractivity contribution < 1.29 is 9.53 Å². The van der Waals surface area contributed by atoms with Crippen molar-refractivity contribution in [2.75, 3.05) is 0 Å². The number of benzene rings is 2. The van der Waals surface area contributed by atoms with Crippen LogP contribution in [0.1, 0.15) is 30.6 Å². The molecule has 0 aliphatic heterocycles. The molecule has 0 bridgehead atoms. The van der Waals surface area contributed by atoms with Crippen molar-refractivity contribution in [2.45, 2.75) is 26.3 Å². The minimum absolute atomic E-state index is 0.0776. The van der Waals surface area contributed by atoms with Gasteiger partial charge in [-0.15, -0.1) is 0 Å². The average molecular weight is 347 g/mol. The molecule has 5 nitrogen and oxygen atoms in total. The number of nitrogens with zero attached hydrogens (tertiary/aromatic N) is 2. The van der Waals surface area contributed by atoms with Gasteiger partial charge in [-0.25, -0.2) is 9.97 Å². The van der Waals surface area contributed by atoms with E-state index in [0.29, 0.717) is 11.3 Å². The second-order valence-electron chi connectivity index (χ2n) is 6.03. The third-order valence-corrected chi connectivity index (χ3v) is 4.03. The first-order chi connectivity index (χ1) is 12.7. The first-order valence-corrected chi connectivity index (χ1v) is 8.62. The smallest absolute Gasteiger partial charge is 0.321 e. The van der Waals surface area contributed by atoms with Gasteiger partial charge in [-0.3, -0.25) is 4.79 Å². The zero-order valence-electron chi connectivity index (χ0n) is 14.8. The number of amides is 1. The fourth-order valence-electron chi connectivity index (χ4n) is 2.36. The molecule has 1 atom stereocenters. The molecular formula is C21H21N3O2. The molecule has 0 aliphatic rings. The van der Waals surface area contributed by atoms with Crippen LogP contribution in [0.5, 0.6) is 11.8 Å². The molecule has 0 saturated carbocycles. The van der Waals surface area contributed by atoms with Crippen LogP contribution in [0.3, 0.4) is 0 Å². The van der Waals surface area contributed by atoms with Crippen LogP contribution in [-0.4, -0.2) is 21.9 Å². The topological polar surface area (TPSA) is 64.1 Å². The van der Waals surface area contributed by atoms with Gasteiger partial charge in [0.15, 0.2) is 0 Å². The number of carbonyl (C=O) groups excluding carboxylic acids is 1. The molecule has 1 heterocycles. The van der Waals surface area contributed by atoms with E-state index in [0.717, 1.165) is 17.5 Å². The number of hydrogen-bond donors (Lipinski definition) is 1. The number of nitrogens with one attached hydrogen (secondary N) is 1. The summed E-state index contributed by atoms with van der Waals surface area (Å²) in [4.78, 5) is 20.8. The van der Waals surface area contributed by atoms with E-state index >= 15 is 0 Å². The lowest BCUT2D eigenvalue weighted by Crippen LogP contribution is -2.31. The highest BCUT2D eigenvalue weighted by Gasteiger charge is 2.10. The van der Waals surface area contributed by atoms with Crippen molar-refractivity contribution in [2.24, 2.45) is 0 Å². The van der Waals surface area contributed by atoms with E-state index in [1.54, 1.807) is 18.5 Å². The Kier molecular flexibility index (Phi) is 5.59. The Morgan fingerprint density at radius 3 is 2.46 bits per heavy atom. The number of hydrogen-bond acceptors (Lipinski definition) is 4. The van der Waals surface area contributed by atoms with Gasteiger partial charge in [-0.1, -0.05) is 37.3 Å².